The monoisotopic (exact) mass is 335 g/mol. The highest BCUT2D eigenvalue weighted by atomic mass is 32.2. The summed E-state index contributed by atoms with van der Waals surface area (Å²) in [7, 11) is 0. The smallest absolute Gasteiger partial charge is 0.191 e. The van der Waals surface area contributed by atoms with Crippen LogP contribution >= 0.6 is 23.1 Å². The summed E-state index contributed by atoms with van der Waals surface area (Å²) in [6.45, 7) is 6.83. The highest BCUT2D eigenvalue weighted by molar-refractivity contribution is 7.99. The molecule has 3 rings (SSSR count). The number of thioether (sulfide) groups is 1. The van der Waals surface area contributed by atoms with Crippen molar-refractivity contribution in [2.75, 3.05) is 17.6 Å². The Morgan fingerprint density at radius 1 is 1.45 bits per heavy atom. The van der Waals surface area contributed by atoms with Crippen LogP contribution in [-0.4, -0.2) is 28.0 Å². The topological polar surface area (TPSA) is 54.9 Å². The molecule has 22 heavy (non-hydrogen) atoms. The van der Waals surface area contributed by atoms with Gasteiger partial charge < -0.3 is 5.32 Å². The molecule has 0 spiro atoms. The molecule has 0 amide bonds. The number of nitrogens with zero attached hydrogens (tertiary/aromatic N) is 2. The van der Waals surface area contributed by atoms with Crippen molar-refractivity contribution in [3.63, 3.8) is 0 Å². The van der Waals surface area contributed by atoms with E-state index in [1.807, 2.05) is 0 Å². The van der Waals surface area contributed by atoms with Gasteiger partial charge in [0.1, 0.15) is 16.4 Å². The van der Waals surface area contributed by atoms with E-state index in [9.17, 15) is 4.79 Å². The number of ketones is 1. The summed E-state index contributed by atoms with van der Waals surface area (Å²) in [6.07, 6.45) is 3.52. The number of aromatic nitrogens is 2. The summed E-state index contributed by atoms with van der Waals surface area (Å²) >= 11 is 3.23. The van der Waals surface area contributed by atoms with E-state index in [-0.39, 0.29) is 5.78 Å². The summed E-state index contributed by atoms with van der Waals surface area (Å²) < 4.78 is 0. The first-order chi connectivity index (χ1) is 10.6. The molecule has 2 heterocycles. The van der Waals surface area contributed by atoms with Crippen molar-refractivity contribution in [2.45, 2.75) is 45.2 Å². The second-order valence-electron chi connectivity index (χ2n) is 5.91. The molecule has 4 nitrogen and oxygen atoms in total. The third kappa shape index (κ3) is 3.13. The van der Waals surface area contributed by atoms with Crippen molar-refractivity contribution in [1.82, 2.24) is 9.97 Å². The van der Waals surface area contributed by atoms with Crippen LogP contribution < -0.4 is 5.32 Å². The number of anilines is 1. The van der Waals surface area contributed by atoms with Gasteiger partial charge in [0.15, 0.2) is 5.16 Å². The van der Waals surface area contributed by atoms with E-state index in [1.165, 1.54) is 34.0 Å². The van der Waals surface area contributed by atoms with Gasteiger partial charge >= 0.3 is 0 Å². The maximum absolute atomic E-state index is 11.2. The molecule has 0 aliphatic heterocycles. The maximum atomic E-state index is 11.2. The van der Waals surface area contributed by atoms with Gasteiger partial charge in [0.05, 0.1) is 11.1 Å². The lowest BCUT2D eigenvalue weighted by molar-refractivity contribution is -0.114. The second kappa shape index (κ2) is 6.54. The lowest BCUT2D eigenvalue weighted by Crippen LogP contribution is -2.09. The van der Waals surface area contributed by atoms with Crippen LogP contribution in [0, 0.1) is 5.92 Å². The lowest BCUT2D eigenvalue weighted by atomic mass is 9.89. The number of thiophene rings is 1. The molecule has 6 heteroatoms. The van der Waals surface area contributed by atoms with Crippen LogP contribution in [0.25, 0.3) is 10.2 Å². The van der Waals surface area contributed by atoms with Crippen molar-refractivity contribution < 1.29 is 4.79 Å². The predicted molar refractivity (Wildman–Crippen MR) is 94.2 cm³/mol. The summed E-state index contributed by atoms with van der Waals surface area (Å²) in [5.74, 6) is 2.27. The minimum atomic E-state index is 0.151. The number of hydrogen-bond acceptors (Lipinski definition) is 6. The lowest BCUT2D eigenvalue weighted by Gasteiger charge is -2.18. The average molecular weight is 335 g/mol. The molecule has 1 atom stereocenters. The van der Waals surface area contributed by atoms with E-state index >= 15 is 0 Å². The highest BCUT2D eigenvalue weighted by Gasteiger charge is 2.23. The van der Waals surface area contributed by atoms with Gasteiger partial charge in [-0.15, -0.1) is 11.3 Å². The molecule has 0 fully saturated rings. The number of hydrogen-bond donors (Lipinski definition) is 1. The van der Waals surface area contributed by atoms with Crippen molar-refractivity contribution >= 4 is 44.9 Å². The zero-order chi connectivity index (χ0) is 15.7. The first-order valence-electron chi connectivity index (χ1n) is 7.76. The number of carbonyl (C=O) groups excluding carboxylic acids is 1. The highest BCUT2D eigenvalue weighted by Crippen LogP contribution is 2.40. The molecular weight excluding hydrogens is 314 g/mol. The molecule has 0 radical (unpaired) electrons. The van der Waals surface area contributed by atoms with Gasteiger partial charge in [-0.25, -0.2) is 9.97 Å². The maximum Gasteiger partial charge on any atom is 0.191 e. The zero-order valence-corrected chi connectivity index (χ0v) is 14.9. The summed E-state index contributed by atoms with van der Waals surface area (Å²) in [6, 6.07) is 0. The van der Waals surface area contributed by atoms with Crippen molar-refractivity contribution in [3.05, 3.63) is 10.4 Å². The zero-order valence-electron chi connectivity index (χ0n) is 13.2. The largest absolute Gasteiger partial charge is 0.370 e. The number of aryl methyl sites for hydroxylation is 1. The van der Waals surface area contributed by atoms with Gasteiger partial charge in [-0.2, -0.15) is 0 Å². The number of nitrogens with one attached hydrogen (secondary N) is 1. The fraction of sp³-hybridized carbons (Fsp3) is 0.562. The second-order valence-corrected chi connectivity index (χ2v) is 7.93. The molecule has 118 valence electrons. The van der Waals surface area contributed by atoms with Gasteiger partial charge in [-0.05, 0) is 44.6 Å². The molecule has 2 aromatic heterocycles. The average Bonchev–Trinajstić information content (AvgIpc) is 2.82. The molecular formula is C16H21N3OS2. The minimum Gasteiger partial charge on any atom is -0.370 e. The molecule has 0 aromatic carbocycles. The number of rotatable bonds is 5. The minimum absolute atomic E-state index is 0.151. The van der Waals surface area contributed by atoms with Crippen LogP contribution in [0.1, 0.15) is 37.6 Å². The molecule has 1 aliphatic carbocycles. The van der Waals surface area contributed by atoms with E-state index < -0.39 is 0 Å². The van der Waals surface area contributed by atoms with Gasteiger partial charge in [-0.1, -0.05) is 18.7 Å². The first kappa shape index (κ1) is 15.7. The Morgan fingerprint density at radius 3 is 3.00 bits per heavy atom. The number of Topliss-reactive ketones (excluding diaryl/α,β-unsaturated/α-hetero) is 1. The van der Waals surface area contributed by atoms with E-state index in [0.717, 1.165) is 36.0 Å². The third-order valence-corrected chi connectivity index (χ3v) is 6.02. The van der Waals surface area contributed by atoms with Crippen LogP contribution in [0.3, 0.4) is 0 Å². The van der Waals surface area contributed by atoms with Crippen LogP contribution in [0.2, 0.25) is 0 Å². The Kier molecular flexibility index (Phi) is 4.68. The molecule has 0 unspecified atom stereocenters. The van der Waals surface area contributed by atoms with Crippen molar-refractivity contribution in [1.29, 1.82) is 0 Å². The summed E-state index contributed by atoms with van der Waals surface area (Å²) in [5.41, 5.74) is 1.44. The number of fused-ring (bicyclic) bond motifs is 3. The first-order valence-corrected chi connectivity index (χ1v) is 9.57. The standard InChI is InChI=1S/C16H21N3OS2/c1-4-17-14-13-11-6-5-9(2)7-12(11)22-15(13)19-16(18-14)21-8-10(3)20/h9H,4-8H2,1-3H3,(H,17,18,19)/t9-/m1/s1. The van der Waals surface area contributed by atoms with Crippen LogP contribution in [0.15, 0.2) is 5.16 Å². The molecule has 1 aliphatic rings. The van der Waals surface area contributed by atoms with Gasteiger partial charge in [0.25, 0.3) is 0 Å². The van der Waals surface area contributed by atoms with Crippen LogP contribution in [0.4, 0.5) is 5.82 Å². The van der Waals surface area contributed by atoms with Crippen molar-refractivity contribution in [3.8, 4) is 0 Å². The van der Waals surface area contributed by atoms with E-state index in [2.05, 4.69) is 24.1 Å². The normalized spacial score (nSPS) is 17.5. The van der Waals surface area contributed by atoms with Crippen LogP contribution in [-0.2, 0) is 17.6 Å². The van der Waals surface area contributed by atoms with Gasteiger partial charge in [-0.3, -0.25) is 4.79 Å². The SMILES string of the molecule is CCNc1nc(SCC(C)=O)nc2sc3c(c12)CC[C@@H](C)C3. The molecule has 0 saturated carbocycles. The molecule has 0 saturated heterocycles. The van der Waals surface area contributed by atoms with Crippen molar-refractivity contribution in [2.24, 2.45) is 5.92 Å². The summed E-state index contributed by atoms with van der Waals surface area (Å²) in [4.78, 5) is 23.1. The van der Waals surface area contributed by atoms with Gasteiger partial charge in [0.2, 0.25) is 0 Å². The molecule has 0 bridgehead atoms. The Hall–Kier alpha value is -1.14. The third-order valence-electron chi connectivity index (χ3n) is 3.88. The van der Waals surface area contributed by atoms with Gasteiger partial charge in [0, 0.05) is 11.4 Å². The Morgan fingerprint density at radius 2 is 2.27 bits per heavy atom. The fourth-order valence-electron chi connectivity index (χ4n) is 2.85. The Bertz CT molecular complexity index is 711. The fourth-order valence-corrected chi connectivity index (χ4v) is 4.93. The van der Waals surface area contributed by atoms with Crippen LogP contribution in [0.5, 0.6) is 0 Å². The van der Waals surface area contributed by atoms with E-state index in [4.69, 9.17) is 4.98 Å². The predicted octanol–water partition coefficient (Wildman–Crippen LogP) is 3.93. The van der Waals surface area contributed by atoms with E-state index in [0.29, 0.717) is 10.9 Å². The Balaban J connectivity index is 2.06. The molecule has 2 aromatic rings. The quantitative estimate of drug-likeness (QED) is 0.663. The number of carbonyl (C=O) groups is 1. The Labute approximate surface area is 139 Å². The summed E-state index contributed by atoms with van der Waals surface area (Å²) in [5, 5.41) is 5.29. The molecule has 1 N–H and O–H groups in total. The van der Waals surface area contributed by atoms with E-state index in [1.54, 1.807) is 18.3 Å².